The molecular formula is C36H71ClO. The minimum atomic E-state index is 0. The molecule has 1 nitrogen and oxygen atoms in total. The summed E-state index contributed by atoms with van der Waals surface area (Å²) in [7, 11) is 0. The van der Waals surface area contributed by atoms with Gasteiger partial charge in [-0.15, -0.1) is 12.4 Å². The molecule has 38 heavy (non-hydrogen) atoms. The van der Waals surface area contributed by atoms with E-state index in [4.69, 9.17) is 4.74 Å². The molecule has 0 heterocycles. The standard InChI is InChI=1S/C36H70O.ClH/c1-3-5-7-9-11-13-15-17-19-21-23-25-27-29-31-33-35-37-36-34-32-30-28-26-24-22-20-18-16-14-12-10-8-6-4-2;/h17-20H,3-16,21-36H2,1-2H3;1H/b19-17-,20-18-;. The minimum absolute atomic E-state index is 0. The summed E-state index contributed by atoms with van der Waals surface area (Å²) in [5.41, 5.74) is 0. The number of ether oxygens (including phenoxy) is 1. The Morgan fingerprint density at radius 1 is 0.316 bits per heavy atom. The Kier molecular flexibility index (Phi) is 40.8. The summed E-state index contributed by atoms with van der Waals surface area (Å²) in [5, 5.41) is 0. The lowest BCUT2D eigenvalue weighted by Gasteiger charge is -2.05. The summed E-state index contributed by atoms with van der Waals surface area (Å²) in [6, 6.07) is 0. The Balaban J connectivity index is 0. The van der Waals surface area contributed by atoms with Crippen molar-refractivity contribution in [3.63, 3.8) is 0 Å². The third-order valence-electron chi connectivity index (χ3n) is 7.60. The Labute approximate surface area is 247 Å². The molecule has 0 fully saturated rings. The smallest absolute Gasteiger partial charge is 0.0466 e. The van der Waals surface area contributed by atoms with Crippen molar-refractivity contribution in [1.29, 1.82) is 0 Å². The maximum absolute atomic E-state index is 5.85. The predicted octanol–water partition coefficient (Wildman–Crippen LogP) is 13.5. The molecule has 0 spiro atoms. The molecule has 228 valence electrons. The second-order valence-electron chi connectivity index (χ2n) is 11.5. The molecule has 0 aliphatic carbocycles. The molecule has 0 rings (SSSR count). The molecule has 2 heteroatoms. The van der Waals surface area contributed by atoms with E-state index in [1.54, 1.807) is 0 Å². The fourth-order valence-corrected chi connectivity index (χ4v) is 5.01. The van der Waals surface area contributed by atoms with Crippen LogP contribution in [0.4, 0.5) is 0 Å². The molecule has 0 aromatic rings. The molecule has 0 aliphatic rings. The van der Waals surface area contributed by atoms with Gasteiger partial charge in [0, 0.05) is 13.2 Å². The van der Waals surface area contributed by atoms with Gasteiger partial charge in [-0.2, -0.15) is 0 Å². The second kappa shape index (κ2) is 38.9. The van der Waals surface area contributed by atoms with Gasteiger partial charge in [0.25, 0.3) is 0 Å². The van der Waals surface area contributed by atoms with Crippen LogP contribution in [0.3, 0.4) is 0 Å². The summed E-state index contributed by atoms with van der Waals surface area (Å²) >= 11 is 0. The highest BCUT2D eigenvalue weighted by molar-refractivity contribution is 5.85. The van der Waals surface area contributed by atoms with Gasteiger partial charge in [0.1, 0.15) is 0 Å². The van der Waals surface area contributed by atoms with Gasteiger partial charge in [0.05, 0.1) is 0 Å². The Morgan fingerprint density at radius 2 is 0.553 bits per heavy atom. The quantitative estimate of drug-likeness (QED) is 0.0593. The van der Waals surface area contributed by atoms with Crippen LogP contribution < -0.4 is 0 Å². The van der Waals surface area contributed by atoms with Crippen molar-refractivity contribution in [3.05, 3.63) is 24.3 Å². The summed E-state index contributed by atoms with van der Waals surface area (Å²) < 4.78 is 5.85. The molecular weight excluding hydrogens is 484 g/mol. The van der Waals surface area contributed by atoms with Crippen LogP contribution in [0, 0.1) is 0 Å². The molecule has 0 saturated carbocycles. The third kappa shape index (κ3) is 37.9. The van der Waals surface area contributed by atoms with Crippen LogP contribution in [0.25, 0.3) is 0 Å². The molecule has 0 atom stereocenters. The molecule has 0 aromatic carbocycles. The van der Waals surface area contributed by atoms with Gasteiger partial charge in [-0.05, 0) is 64.2 Å². The molecule has 0 unspecified atom stereocenters. The maximum Gasteiger partial charge on any atom is 0.0466 e. The van der Waals surface area contributed by atoms with Crippen molar-refractivity contribution >= 4 is 12.4 Å². The van der Waals surface area contributed by atoms with Crippen LogP contribution >= 0.6 is 12.4 Å². The predicted molar refractivity (Wildman–Crippen MR) is 177 cm³/mol. The van der Waals surface area contributed by atoms with E-state index in [1.165, 1.54) is 180 Å². The van der Waals surface area contributed by atoms with E-state index in [-0.39, 0.29) is 12.4 Å². The summed E-state index contributed by atoms with van der Waals surface area (Å²) in [6.45, 7) is 6.54. The summed E-state index contributed by atoms with van der Waals surface area (Å²) in [4.78, 5) is 0. The van der Waals surface area contributed by atoms with Gasteiger partial charge in [-0.25, -0.2) is 0 Å². The number of rotatable bonds is 32. The average molecular weight is 555 g/mol. The van der Waals surface area contributed by atoms with Crippen molar-refractivity contribution in [1.82, 2.24) is 0 Å². The zero-order valence-electron chi connectivity index (χ0n) is 26.3. The zero-order chi connectivity index (χ0) is 26.7. The third-order valence-corrected chi connectivity index (χ3v) is 7.60. The van der Waals surface area contributed by atoms with E-state index in [0.717, 1.165) is 13.2 Å². The lowest BCUT2D eigenvalue weighted by molar-refractivity contribution is 0.125. The van der Waals surface area contributed by atoms with Gasteiger partial charge in [-0.1, -0.05) is 154 Å². The van der Waals surface area contributed by atoms with E-state index in [2.05, 4.69) is 38.2 Å². The first-order valence-electron chi connectivity index (χ1n) is 17.3. The number of hydrogen-bond donors (Lipinski definition) is 0. The molecule has 0 amide bonds. The van der Waals surface area contributed by atoms with E-state index >= 15 is 0 Å². The molecule has 0 aliphatic heterocycles. The lowest BCUT2D eigenvalue weighted by Crippen LogP contribution is -1.97. The molecule has 0 bridgehead atoms. The van der Waals surface area contributed by atoms with Gasteiger partial charge >= 0.3 is 0 Å². The van der Waals surface area contributed by atoms with E-state index in [0.29, 0.717) is 0 Å². The Bertz CT molecular complexity index is 405. The monoisotopic (exact) mass is 555 g/mol. The Morgan fingerprint density at radius 3 is 0.842 bits per heavy atom. The number of unbranched alkanes of at least 4 members (excludes halogenated alkanes) is 24. The number of allylic oxidation sites excluding steroid dienone is 4. The second-order valence-corrected chi connectivity index (χ2v) is 11.5. The first-order valence-corrected chi connectivity index (χ1v) is 17.3. The van der Waals surface area contributed by atoms with Gasteiger partial charge < -0.3 is 4.74 Å². The highest BCUT2D eigenvalue weighted by Gasteiger charge is 1.95. The molecule has 0 radical (unpaired) electrons. The number of halogens is 1. The molecule has 0 N–H and O–H groups in total. The van der Waals surface area contributed by atoms with Crippen molar-refractivity contribution in [2.75, 3.05) is 13.2 Å². The molecule has 0 aromatic heterocycles. The topological polar surface area (TPSA) is 9.23 Å². The summed E-state index contributed by atoms with van der Waals surface area (Å²) in [6.07, 6.45) is 48.1. The SMILES string of the molecule is CCCCCCCC/C=C\CCCCCCCCOCCCCCCCC/C=C\CCCCCCCC.Cl. The first-order chi connectivity index (χ1) is 18.4. The minimum Gasteiger partial charge on any atom is -0.381 e. The van der Waals surface area contributed by atoms with Crippen molar-refractivity contribution in [3.8, 4) is 0 Å². The highest BCUT2D eigenvalue weighted by atomic mass is 35.5. The van der Waals surface area contributed by atoms with Crippen LogP contribution in [-0.2, 0) is 4.74 Å². The fraction of sp³-hybridized carbons (Fsp3) is 0.889. The van der Waals surface area contributed by atoms with Crippen molar-refractivity contribution < 1.29 is 4.74 Å². The van der Waals surface area contributed by atoms with E-state index in [1.807, 2.05) is 0 Å². The van der Waals surface area contributed by atoms with Crippen molar-refractivity contribution in [2.45, 2.75) is 194 Å². The maximum atomic E-state index is 5.85. The largest absolute Gasteiger partial charge is 0.381 e. The van der Waals surface area contributed by atoms with Crippen LogP contribution in [0.5, 0.6) is 0 Å². The average Bonchev–Trinajstić information content (AvgIpc) is 2.91. The van der Waals surface area contributed by atoms with Crippen molar-refractivity contribution in [2.24, 2.45) is 0 Å². The molecule has 0 saturated heterocycles. The first kappa shape index (κ1) is 39.9. The van der Waals surface area contributed by atoms with E-state index < -0.39 is 0 Å². The lowest BCUT2D eigenvalue weighted by atomic mass is 10.1. The Hall–Kier alpha value is -0.270. The van der Waals surface area contributed by atoms with Crippen LogP contribution in [0.1, 0.15) is 194 Å². The summed E-state index contributed by atoms with van der Waals surface area (Å²) in [5.74, 6) is 0. The van der Waals surface area contributed by atoms with E-state index in [9.17, 15) is 0 Å². The van der Waals surface area contributed by atoms with Crippen LogP contribution in [0.2, 0.25) is 0 Å². The normalized spacial score (nSPS) is 11.6. The fourth-order valence-electron chi connectivity index (χ4n) is 5.01. The van der Waals surface area contributed by atoms with Gasteiger partial charge in [0.15, 0.2) is 0 Å². The zero-order valence-corrected chi connectivity index (χ0v) is 27.2. The number of hydrogen-bond acceptors (Lipinski definition) is 1. The van der Waals surface area contributed by atoms with Gasteiger partial charge in [0.2, 0.25) is 0 Å². The highest BCUT2D eigenvalue weighted by Crippen LogP contribution is 2.12. The van der Waals surface area contributed by atoms with Gasteiger partial charge in [-0.3, -0.25) is 0 Å². The van der Waals surface area contributed by atoms with Crippen LogP contribution in [0.15, 0.2) is 24.3 Å². The van der Waals surface area contributed by atoms with Crippen LogP contribution in [-0.4, -0.2) is 13.2 Å².